The minimum atomic E-state index is -0.0171. The maximum Gasteiger partial charge on any atom is 0.203 e. The molecule has 18 heavy (non-hydrogen) atoms. The van der Waals surface area contributed by atoms with E-state index in [4.69, 9.17) is 15.2 Å². The van der Waals surface area contributed by atoms with E-state index in [-0.39, 0.29) is 11.5 Å². The minimum absolute atomic E-state index is 0.0171. The molecule has 0 aliphatic carbocycles. The minimum Gasteiger partial charge on any atom is -0.504 e. The second-order valence-corrected chi connectivity index (χ2v) is 3.76. The summed E-state index contributed by atoms with van der Waals surface area (Å²) in [5, 5.41) is 14.2. The van der Waals surface area contributed by atoms with E-state index < -0.39 is 0 Å². The van der Waals surface area contributed by atoms with Gasteiger partial charge in [-0.3, -0.25) is 4.68 Å². The van der Waals surface area contributed by atoms with Gasteiger partial charge in [0.15, 0.2) is 11.5 Å². The van der Waals surface area contributed by atoms with Crippen molar-refractivity contribution in [2.24, 2.45) is 7.05 Å². The molecule has 0 fully saturated rings. The number of methoxy groups -OCH3 is 2. The highest BCUT2D eigenvalue weighted by Gasteiger charge is 2.18. The van der Waals surface area contributed by atoms with Crippen LogP contribution in [0.25, 0.3) is 11.1 Å². The number of phenols is 1. The highest BCUT2D eigenvalue weighted by Crippen LogP contribution is 2.44. The summed E-state index contributed by atoms with van der Waals surface area (Å²) < 4.78 is 11.8. The maximum atomic E-state index is 10.2. The number of nitrogen functional groups attached to an aromatic ring is 1. The smallest absolute Gasteiger partial charge is 0.203 e. The summed E-state index contributed by atoms with van der Waals surface area (Å²) in [4.78, 5) is 0. The zero-order valence-electron chi connectivity index (χ0n) is 10.5. The van der Waals surface area contributed by atoms with E-state index in [9.17, 15) is 5.11 Å². The fourth-order valence-corrected chi connectivity index (χ4v) is 1.78. The standard InChI is InChI=1S/C12H15N3O3/c1-15-12(13)8(6-14-15)7-4-5-9(17-2)11(18-3)10(7)16/h4-6,16H,13H2,1-3H3. The van der Waals surface area contributed by atoms with E-state index in [2.05, 4.69) is 5.10 Å². The molecule has 0 bridgehead atoms. The Balaban J connectivity index is 2.63. The van der Waals surface area contributed by atoms with Gasteiger partial charge in [0.1, 0.15) is 5.82 Å². The van der Waals surface area contributed by atoms with Crippen LogP contribution in [-0.4, -0.2) is 29.1 Å². The molecule has 3 N–H and O–H groups in total. The quantitative estimate of drug-likeness (QED) is 0.859. The molecule has 1 aromatic carbocycles. The lowest BCUT2D eigenvalue weighted by atomic mass is 10.1. The van der Waals surface area contributed by atoms with Gasteiger partial charge in [0, 0.05) is 18.2 Å². The fourth-order valence-electron chi connectivity index (χ4n) is 1.78. The van der Waals surface area contributed by atoms with Gasteiger partial charge in [0.05, 0.1) is 20.4 Å². The van der Waals surface area contributed by atoms with Gasteiger partial charge in [-0.05, 0) is 12.1 Å². The lowest BCUT2D eigenvalue weighted by molar-refractivity contribution is 0.334. The molecule has 0 atom stereocenters. The van der Waals surface area contributed by atoms with Gasteiger partial charge >= 0.3 is 0 Å². The summed E-state index contributed by atoms with van der Waals surface area (Å²) in [5.41, 5.74) is 7.09. The van der Waals surface area contributed by atoms with Crippen LogP contribution < -0.4 is 15.2 Å². The van der Waals surface area contributed by atoms with E-state index in [1.54, 1.807) is 25.4 Å². The van der Waals surface area contributed by atoms with Crippen molar-refractivity contribution in [3.8, 4) is 28.4 Å². The number of rotatable bonds is 3. The van der Waals surface area contributed by atoms with E-state index in [1.165, 1.54) is 18.9 Å². The Morgan fingerprint density at radius 1 is 1.22 bits per heavy atom. The SMILES string of the molecule is COc1ccc(-c2cnn(C)c2N)c(O)c1OC. The van der Waals surface area contributed by atoms with Crippen LogP contribution in [0.2, 0.25) is 0 Å². The Morgan fingerprint density at radius 3 is 2.44 bits per heavy atom. The Kier molecular flexibility index (Phi) is 3.01. The molecule has 0 radical (unpaired) electrons. The summed E-state index contributed by atoms with van der Waals surface area (Å²) in [6, 6.07) is 3.42. The molecule has 6 heteroatoms. The molecule has 0 unspecified atom stereocenters. The van der Waals surface area contributed by atoms with Crippen molar-refractivity contribution < 1.29 is 14.6 Å². The number of ether oxygens (including phenoxy) is 2. The number of nitrogens with zero attached hydrogens (tertiary/aromatic N) is 2. The first-order chi connectivity index (χ1) is 8.60. The molecule has 1 aromatic heterocycles. The summed E-state index contributed by atoms with van der Waals surface area (Å²) in [5.74, 6) is 1.19. The lowest BCUT2D eigenvalue weighted by Gasteiger charge is -2.12. The van der Waals surface area contributed by atoms with Crippen molar-refractivity contribution in [3.63, 3.8) is 0 Å². The van der Waals surface area contributed by atoms with Crippen LogP contribution in [0.5, 0.6) is 17.2 Å². The fraction of sp³-hybridized carbons (Fsp3) is 0.250. The third kappa shape index (κ3) is 1.71. The number of hydrogen-bond donors (Lipinski definition) is 2. The number of nitrogens with two attached hydrogens (primary N) is 1. The number of anilines is 1. The molecule has 0 aliphatic heterocycles. The highest BCUT2D eigenvalue weighted by atomic mass is 16.5. The van der Waals surface area contributed by atoms with Gasteiger partial charge < -0.3 is 20.3 Å². The molecule has 0 amide bonds. The van der Waals surface area contributed by atoms with Gasteiger partial charge in [0.2, 0.25) is 5.75 Å². The molecule has 0 saturated heterocycles. The largest absolute Gasteiger partial charge is 0.504 e. The molecule has 0 aliphatic rings. The molecule has 6 nitrogen and oxygen atoms in total. The second-order valence-electron chi connectivity index (χ2n) is 3.76. The van der Waals surface area contributed by atoms with E-state index in [0.29, 0.717) is 22.7 Å². The molecule has 1 heterocycles. The topological polar surface area (TPSA) is 82.5 Å². The first-order valence-corrected chi connectivity index (χ1v) is 5.32. The Labute approximate surface area is 105 Å². The predicted molar refractivity (Wildman–Crippen MR) is 67.8 cm³/mol. The van der Waals surface area contributed by atoms with Gasteiger partial charge in [-0.1, -0.05) is 0 Å². The first kappa shape index (κ1) is 12.1. The van der Waals surface area contributed by atoms with Crippen LogP contribution in [0.1, 0.15) is 0 Å². The van der Waals surface area contributed by atoms with Gasteiger partial charge in [-0.2, -0.15) is 5.10 Å². The van der Waals surface area contributed by atoms with Crippen molar-refractivity contribution in [1.82, 2.24) is 9.78 Å². The molecular weight excluding hydrogens is 234 g/mol. The molecular formula is C12H15N3O3. The van der Waals surface area contributed by atoms with Crippen LogP contribution in [0.3, 0.4) is 0 Å². The van der Waals surface area contributed by atoms with E-state index in [1.807, 2.05) is 0 Å². The highest BCUT2D eigenvalue weighted by molar-refractivity contribution is 5.81. The Bertz CT molecular complexity index is 578. The Morgan fingerprint density at radius 2 is 1.94 bits per heavy atom. The molecule has 0 saturated carbocycles. The number of phenolic OH excluding ortho intramolecular Hbond substituents is 1. The van der Waals surface area contributed by atoms with Gasteiger partial charge in [0.25, 0.3) is 0 Å². The van der Waals surface area contributed by atoms with Crippen LogP contribution >= 0.6 is 0 Å². The number of aromatic nitrogens is 2. The van der Waals surface area contributed by atoms with Crippen molar-refractivity contribution in [3.05, 3.63) is 18.3 Å². The summed E-state index contributed by atoms with van der Waals surface area (Å²) in [7, 11) is 4.71. The monoisotopic (exact) mass is 249 g/mol. The predicted octanol–water partition coefficient (Wildman–Crippen LogP) is 1.39. The molecule has 0 spiro atoms. The normalized spacial score (nSPS) is 10.4. The maximum absolute atomic E-state index is 10.2. The van der Waals surface area contributed by atoms with Crippen molar-refractivity contribution in [1.29, 1.82) is 0 Å². The van der Waals surface area contributed by atoms with E-state index >= 15 is 0 Å². The summed E-state index contributed by atoms with van der Waals surface area (Å²) in [6.45, 7) is 0. The van der Waals surface area contributed by atoms with Crippen molar-refractivity contribution >= 4 is 5.82 Å². The number of aryl methyl sites for hydroxylation is 1. The number of aromatic hydroxyl groups is 1. The van der Waals surface area contributed by atoms with Crippen molar-refractivity contribution in [2.45, 2.75) is 0 Å². The van der Waals surface area contributed by atoms with Gasteiger partial charge in [-0.25, -0.2) is 0 Å². The van der Waals surface area contributed by atoms with E-state index in [0.717, 1.165) is 0 Å². The first-order valence-electron chi connectivity index (χ1n) is 5.32. The van der Waals surface area contributed by atoms with Crippen LogP contribution in [-0.2, 0) is 7.05 Å². The zero-order valence-corrected chi connectivity index (χ0v) is 10.5. The molecule has 2 aromatic rings. The van der Waals surface area contributed by atoms with Gasteiger partial charge in [-0.15, -0.1) is 0 Å². The third-order valence-electron chi connectivity index (χ3n) is 2.79. The molecule has 96 valence electrons. The van der Waals surface area contributed by atoms with Crippen molar-refractivity contribution in [2.75, 3.05) is 20.0 Å². The number of hydrogen-bond acceptors (Lipinski definition) is 5. The summed E-state index contributed by atoms with van der Waals surface area (Å²) >= 11 is 0. The average Bonchev–Trinajstić information content (AvgIpc) is 2.70. The lowest BCUT2D eigenvalue weighted by Crippen LogP contribution is -1.98. The molecule has 2 rings (SSSR count). The van der Waals surface area contributed by atoms with Crippen LogP contribution in [0, 0.1) is 0 Å². The zero-order chi connectivity index (χ0) is 13.3. The van der Waals surface area contributed by atoms with Crippen LogP contribution in [0.15, 0.2) is 18.3 Å². The Hall–Kier alpha value is -2.37. The number of benzene rings is 1. The average molecular weight is 249 g/mol. The second kappa shape index (κ2) is 4.48. The van der Waals surface area contributed by atoms with Crippen LogP contribution in [0.4, 0.5) is 5.82 Å². The third-order valence-corrected chi connectivity index (χ3v) is 2.79. The summed E-state index contributed by atoms with van der Waals surface area (Å²) in [6.07, 6.45) is 1.59.